The van der Waals surface area contributed by atoms with Crippen molar-refractivity contribution in [3.05, 3.63) is 96.1 Å². The minimum absolute atomic E-state index is 0.0986. The van der Waals surface area contributed by atoms with Crippen LogP contribution in [0.15, 0.2) is 84.9 Å². The normalized spacial score (nSPS) is 16.1. The lowest BCUT2D eigenvalue weighted by Gasteiger charge is -2.20. The van der Waals surface area contributed by atoms with E-state index in [0.717, 1.165) is 23.3 Å². The summed E-state index contributed by atoms with van der Waals surface area (Å²) in [4.78, 5) is 25.7. The molecule has 0 aromatic heterocycles. The quantitative estimate of drug-likeness (QED) is 0.458. The Morgan fingerprint density at radius 1 is 0.882 bits per heavy atom. The molecule has 0 saturated carbocycles. The van der Waals surface area contributed by atoms with Gasteiger partial charge in [0.2, 0.25) is 5.91 Å². The fourth-order valence-corrected chi connectivity index (χ4v) is 3.76. The molecule has 1 unspecified atom stereocenters. The zero-order chi connectivity index (χ0) is 23.6. The van der Waals surface area contributed by atoms with Gasteiger partial charge in [0.15, 0.2) is 5.78 Å². The number of carbonyl (C=O) groups excluding carboxylic acids is 2. The summed E-state index contributed by atoms with van der Waals surface area (Å²) in [5.41, 5.74) is 1.85. The Morgan fingerprint density at radius 2 is 1.56 bits per heavy atom. The minimum Gasteiger partial charge on any atom is -0.457 e. The van der Waals surface area contributed by atoms with Gasteiger partial charge in [-0.2, -0.15) is 0 Å². The molecule has 176 valence electrons. The largest absolute Gasteiger partial charge is 0.457 e. The highest BCUT2D eigenvalue weighted by Gasteiger charge is 2.28. The van der Waals surface area contributed by atoms with Crippen LogP contribution >= 0.6 is 0 Å². The van der Waals surface area contributed by atoms with Crippen LogP contribution in [0.3, 0.4) is 0 Å². The highest BCUT2D eigenvalue weighted by atomic mass is 16.5. The Balaban J connectivity index is 1.36. The summed E-state index contributed by atoms with van der Waals surface area (Å²) in [6, 6.07) is 25.9. The molecule has 1 aliphatic rings. The highest BCUT2D eigenvalue weighted by molar-refractivity contribution is 5.91. The molecule has 0 bridgehead atoms. The van der Waals surface area contributed by atoms with E-state index < -0.39 is 12.1 Å². The molecule has 1 saturated heterocycles. The third-order valence-corrected chi connectivity index (χ3v) is 5.60. The van der Waals surface area contributed by atoms with Gasteiger partial charge in [-0.25, -0.2) is 0 Å². The summed E-state index contributed by atoms with van der Waals surface area (Å²) >= 11 is 0. The van der Waals surface area contributed by atoms with Gasteiger partial charge < -0.3 is 19.5 Å². The van der Waals surface area contributed by atoms with E-state index in [1.807, 2.05) is 84.9 Å². The first-order chi connectivity index (χ1) is 16.7. The number of nitrogens with one attached hydrogen (secondary N) is 1. The molecule has 0 radical (unpaired) electrons. The van der Waals surface area contributed by atoms with E-state index in [2.05, 4.69) is 5.32 Å². The molecule has 6 heteroatoms. The van der Waals surface area contributed by atoms with Crippen LogP contribution in [0, 0.1) is 0 Å². The number of carbonyl (C=O) groups is 2. The Hall–Kier alpha value is -3.48. The summed E-state index contributed by atoms with van der Waals surface area (Å²) in [5.74, 6) is 1.07. The third kappa shape index (κ3) is 7.01. The van der Waals surface area contributed by atoms with Crippen molar-refractivity contribution in [1.29, 1.82) is 0 Å². The summed E-state index contributed by atoms with van der Waals surface area (Å²) in [7, 11) is 0. The van der Waals surface area contributed by atoms with E-state index >= 15 is 0 Å². The number of hydrogen-bond acceptors (Lipinski definition) is 5. The molecule has 34 heavy (non-hydrogen) atoms. The number of para-hydroxylation sites is 1. The number of ketones is 1. The van der Waals surface area contributed by atoms with Gasteiger partial charge >= 0.3 is 0 Å². The average Bonchev–Trinajstić information content (AvgIpc) is 3.41. The van der Waals surface area contributed by atoms with Gasteiger partial charge in [0.1, 0.15) is 23.6 Å². The number of amides is 1. The van der Waals surface area contributed by atoms with Crippen molar-refractivity contribution in [1.82, 2.24) is 5.32 Å². The Bertz CT molecular complexity index is 1050. The van der Waals surface area contributed by atoms with Crippen molar-refractivity contribution in [3.8, 4) is 11.5 Å². The van der Waals surface area contributed by atoms with Crippen LogP contribution in [0.2, 0.25) is 0 Å². The molecule has 0 aliphatic carbocycles. The van der Waals surface area contributed by atoms with Crippen molar-refractivity contribution in [2.75, 3.05) is 13.2 Å². The smallest absolute Gasteiger partial charge is 0.249 e. The Morgan fingerprint density at radius 3 is 2.24 bits per heavy atom. The maximum atomic E-state index is 13.1. The van der Waals surface area contributed by atoms with Crippen molar-refractivity contribution in [3.63, 3.8) is 0 Å². The van der Waals surface area contributed by atoms with Crippen LogP contribution in [0.4, 0.5) is 0 Å². The van der Waals surface area contributed by atoms with Crippen LogP contribution < -0.4 is 10.1 Å². The van der Waals surface area contributed by atoms with E-state index in [1.54, 1.807) is 0 Å². The standard InChI is InChI=1S/C28H29NO5/c30-26(18-21-13-15-24(16-14-21)34-23-10-5-2-6-11-23)25(29-28(31)27-12-7-17-33-27)20-32-19-22-8-3-1-4-9-22/h1-6,8-11,13-16,25,27H,7,12,17-20H2,(H,29,31)/t25?,27-/m1/s1. The first-order valence-corrected chi connectivity index (χ1v) is 11.6. The molecule has 3 aromatic rings. The second kappa shape index (κ2) is 12.1. The minimum atomic E-state index is -0.749. The molecule has 3 aromatic carbocycles. The van der Waals surface area contributed by atoms with E-state index in [9.17, 15) is 9.59 Å². The highest BCUT2D eigenvalue weighted by Crippen LogP contribution is 2.21. The molecule has 1 aliphatic heterocycles. The maximum absolute atomic E-state index is 13.1. The van der Waals surface area contributed by atoms with Crippen LogP contribution in [0.1, 0.15) is 24.0 Å². The SMILES string of the molecule is O=C(Cc1ccc(Oc2ccccc2)cc1)C(COCc1ccccc1)NC(=O)[C@H]1CCCO1. The topological polar surface area (TPSA) is 73.9 Å². The molecular weight excluding hydrogens is 430 g/mol. The van der Waals surface area contributed by atoms with Crippen molar-refractivity contribution >= 4 is 11.7 Å². The zero-order valence-electron chi connectivity index (χ0n) is 19.0. The molecule has 2 atom stereocenters. The lowest BCUT2D eigenvalue weighted by atomic mass is 10.0. The van der Waals surface area contributed by atoms with E-state index in [1.165, 1.54) is 0 Å². The first-order valence-electron chi connectivity index (χ1n) is 11.6. The molecular formula is C28H29NO5. The van der Waals surface area contributed by atoms with Gasteiger partial charge in [0, 0.05) is 13.0 Å². The number of benzene rings is 3. The maximum Gasteiger partial charge on any atom is 0.249 e. The van der Waals surface area contributed by atoms with Gasteiger partial charge in [0.25, 0.3) is 0 Å². The predicted molar refractivity (Wildman–Crippen MR) is 129 cm³/mol. The summed E-state index contributed by atoms with van der Waals surface area (Å²) < 4.78 is 17.1. The fourth-order valence-electron chi connectivity index (χ4n) is 3.76. The molecule has 4 rings (SSSR count). The van der Waals surface area contributed by atoms with E-state index in [-0.39, 0.29) is 24.7 Å². The first kappa shape index (κ1) is 23.7. The van der Waals surface area contributed by atoms with Crippen molar-refractivity contribution in [2.24, 2.45) is 0 Å². The molecule has 6 nitrogen and oxygen atoms in total. The van der Waals surface area contributed by atoms with E-state index in [4.69, 9.17) is 14.2 Å². The zero-order valence-corrected chi connectivity index (χ0v) is 19.0. The Labute approximate surface area is 199 Å². The molecule has 1 heterocycles. The van der Waals surface area contributed by atoms with Crippen molar-refractivity contribution < 1.29 is 23.8 Å². The van der Waals surface area contributed by atoms with Gasteiger partial charge in [-0.15, -0.1) is 0 Å². The predicted octanol–water partition coefficient (Wildman–Crippen LogP) is 4.47. The van der Waals surface area contributed by atoms with Crippen molar-refractivity contribution in [2.45, 2.75) is 38.0 Å². The molecule has 1 fully saturated rings. The van der Waals surface area contributed by atoms with Gasteiger partial charge in [-0.05, 0) is 48.2 Å². The lowest BCUT2D eigenvalue weighted by Crippen LogP contribution is -2.48. The average molecular weight is 460 g/mol. The van der Waals surface area contributed by atoms with Gasteiger partial charge in [-0.1, -0.05) is 60.7 Å². The summed E-state index contributed by atoms with van der Waals surface area (Å²) in [6.45, 7) is 1.03. The number of Topliss-reactive ketones (excluding diaryl/α,β-unsaturated/α-hetero) is 1. The summed E-state index contributed by atoms with van der Waals surface area (Å²) in [5, 5.41) is 2.85. The molecule has 0 spiro atoms. The third-order valence-electron chi connectivity index (χ3n) is 5.60. The second-order valence-electron chi connectivity index (χ2n) is 8.27. The lowest BCUT2D eigenvalue weighted by molar-refractivity contribution is -0.135. The number of hydrogen-bond donors (Lipinski definition) is 1. The summed E-state index contributed by atoms with van der Waals surface area (Å²) in [6.07, 6.45) is 1.19. The number of ether oxygens (including phenoxy) is 3. The van der Waals surface area contributed by atoms with Crippen LogP contribution in [0.25, 0.3) is 0 Å². The van der Waals surface area contributed by atoms with Gasteiger partial charge in [-0.3, -0.25) is 9.59 Å². The monoisotopic (exact) mass is 459 g/mol. The van der Waals surface area contributed by atoms with Gasteiger partial charge in [0.05, 0.1) is 13.2 Å². The number of rotatable bonds is 11. The van der Waals surface area contributed by atoms with Crippen LogP contribution in [-0.4, -0.2) is 37.0 Å². The van der Waals surface area contributed by atoms with Crippen LogP contribution in [0.5, 0.6) is 11.5 Å². The molecule has 1 amide bonds. The molecule has 1 N–H and O–H groups in total. The van der Waals surface area contributed by atoms with Crippen LogP contribution in [-0.2, 0) is 32.1 Å². The van der Waals surface area contributed by atoms with E-state index in [0.29, 0.717) is 25.4 Å². The Kier molecular flexibility index (Phi) is 8.43. The second-order valence-corrected chi connectivity index (χ2v) is 8.27. The fraction of sp³-hybridized carbons (Fsp3) is 0.286.